The number of rotatable bonds is 5. The van der Waals surface area contributed by atoms with E-state index in [1.54, 1.807) is 48.5 Å². The van der Waals surface area contributed by atoms with Gasteiger partial charge in [-0.05, 0) is 24.3 Å². The first-order chi connectivity index (χ1) is 14.9. The van der Waals surface area contributed by atoms with Crippen molar-refractivity contribution in [3.63, 3.8) is 0 Å². The number of benzene rings is 2. The van der Waals surface area contributed by atoms with Gasteiger partial charge in [0.1, 0.15) is 0 Å². The smallest absolute Gasteiger partial charge is 0.261 e. The van der Waals surface area contributed by atoms with E-state index in [-0.39, 0.29) is 57.0 Å². The maximum absolute atomic E-state index is 11.8. The number of imide groups is 2. The van der Waals surface area contributed by atoms with E-state index in [0.717, 1.165) is 4.90 Å². The largest absolute Gasteiger partial charge is 0.390 e. The van der Waals surface area contributed by atoms with E-state index >= 15 is 0 Å². The van der Waals surface area contributed by atoms with Gasteiger partial charge in [0.05, 0.1) is 60.0 Å². The third-order valence-electron chi connectivity index (χ3n) is 5.12. The Kier molecular flexibility index (Phi) is 8.49. The number of halogens is 1. The molecule has 0 bridgehead atoms. The first kappa shape index (κ1) is 26.2. The highest BCUT2D eigenvalue weighted by Crippen LogP contribution is 2.25. The normalized spacial score (nSPS) is 18.5. The Morgan fingerprint density at radius 1 is 0.818 bits per heavy atom. The zero-order valence-corrected chi connectivity index (χ0v) is 17.1. The van der Waals surface area contributed by atoms with Crippen LogP contribution in [0.5, 0.6) is 0 Å². The summed E-state index contributed by atoms with van der Waals surface area (Å²) in [6.07, 6.45) is -0.837. The van der Waals surface area contributed by atoms with Crippen molar-refractivity contribution < 1.29 is 29.0 Å². The summed E-state index contributed by atoms with van der Waals surface area (Å²) in [5, 5.41) is 9.35. The van der Waals surface area contributed by atoms with Crippen molar-refractivity contribution >= 4 is 35.2 Å². The van der Waals surface area contributed by atoms with Crippen molar-refractivity contribution in [3.8, 4) is 0 Å². The Labute approximate surface area is 197 Å². The highest BCUT2D eigenvalue weighted by atomic mass is 35.5. The third kappa shape index (κ3) is 5.13. The van der Waals surface area contributed by atoms with Crippen LogP contribution in [0.2, 0.25) is 0 Å². The molecule has 1 saturated heterocycles. The third-order valence-corrected chi connectivity index (χ3v) is 5.47. The van der Waals surface area contributed by atoms with Gasteiger partial charge in [-0.3, -0.25) is 29.0 Å². The van der Waals surface area contributed by atoms with Gasteiger partial charge < -0.3 is 9.84 Å². The molecule has 1 fully saturated rings. The Balaban J connectivity index is 0.000000220. The molecule has 3 heterocycles. The fraction of sp³-hybridized carbons (Fsp3) is 0.333. The molecule has 3 aliphatic rings. The van der Waals surface area contributed by atoms with Crippen LogP contribution >= 0.6 is 11.6 Å². The first-order valence-corrected chi connectivity index (χ1v) is 10.2. The topological polar surface area (TPSA) is 108 Å². The Morgan fingerprint density at radius 2 is 1.18 bits per heavy atom. The van der Waals surface area contributed by atoms with Crippen LogP contribution < -0.4 is 0 Å². The molecule has 0 unspecified atom stereocenters. The molecule has 0 saturated carbocycles. The van der Waals surface area contributed by atoms with Crippen LogP contribution in [0.1, 0.15) is 56.3 Å². The molecular formula is C24H27ClN2O6. The molecule has 9 heteroatoms. The first-order valence-electron chi connectivity index (χ1n) is 9.68. The number of alkyl halides is 1. The molecular weight excluding hydrogens is 448 g/mol. The van der Waals surface area contributed by atoms with Crippen LogP contribution in [0.25, 0.3) is 0 Å². The minimum absolute atomic E-state index is 0. The van der Waals surface area contributed by atoms with Crippen LogP contribution in [0.3, 0.4) is 0 Å². The SMILES string of the molecule is C.C.O=C1c2ccccc2C(=O)N1C[C@@H]1CO1.O=C1c2ccccc2C(=O)N1C[C@H](O)CCl. The second-order valence-corrected chi connectivity index (χ2v) is 7.61. The molecule has 8 nitrogen and oxygen atoms in total. The Bertz CT molecular complexity index is 998. The number of carbonyl (C=O) groups excluding carboxylic acids is 4. The number of aliphatic hydroxyl groups excluding tert-OH is 1. The van der Waals surface area contributed by atoms with Crippen LogP contribution in [-0.2, 0) is 4.74 Å². The number of amides is 4. The van der Waals surface area contributed by atoms with Crippen LogP contribution in [0, 0.1) is 0 Å². The van der Waals surface area contributed by atoms with Gasteiger partial charge in [-0.15, -0.1) is 11.6 Å². The summed E-state index contributed by atoms with van der Waals surface area (Å²) < 4.78 is 5.02. The van der Waals surface area contributed by atoms with E-state index in [0.29, 0.717) is 35.4 Å². The molecule has 5 rings (SSSR count). The number of ether oxygens (including phenoxy) is 1. The highest BCUT2D eigenvalue weighted by Gasteiger charge is 2.39. The number of aliphatic hydroxyl groups is 1. The van der Waals surface area contributed by atoms with Gasteiger partial charge in [0, 0.05) is 0 Å². The highest BCUT2D eigenvalue weighted by molar-refractivity contribution is 6.22. The van der Waals surface area contributed by atoms with Crippen molar-refractivity contribution in [2.45, 2.75) is 27.1 Å². The molecule has 0 spiro atoms. The lowest BCUT2D eigenvalue weighted by Crippen LogP contribution is -2.37. The van der Waals surface area contributed by atoms with Gasteiger partial charge in [0.15, 0.2) is 0 Å². The van der Waals surface area contributed by atoms with Crippen LogP contribution in [0.4, 0.5) is 0 Å². The molecule has 0 aromatic heterocycles. The monoisotopic (exact) mass is 474 g/mol. The second-order valence-electron chi connectivity index (χ2n) is 7.30. The van der Waals surface area contributed by atoms with Crippen molar-refractivity contribution in [2.75, 3.05) is 25.6 Å². The Hall–Kier alpha value is -3.07. The molecule has 0 aliphatic carbocycles. The lowest BCUT2D eigenvalue weighted by atomic mass is 10.1. The molecule has 2 aromatic rings. The van der Waals surface area contributed by atoms with E-state index < -0.39 is 6.10 Å². The molecule has 0 radical (unpaired) electrons. The number of hydrogen-bond acceptors (Lipinski definition) is 6. The average Bonchev–Trinajstić information content (AvgIpc) is 3.55. The maximum Gasteiger partial charge on any atom is 0.261 e. The number of carbonyl (C=O) groups is 4. The van der Waals surface area contributed by atoms with Gasteiger partial charge in [-0.25, -0.2) is 0 Å². The number of β-amino-alcohol motifs (C(OH)–C–C–N with tert-alkyl or cyclic N) is 1. The zero-order chi connectivity index (χ0) is 22.1. The molecule has 176 valence electrons. The van der Waals surface area contributed by atoms with Crippen molar-refractivity contribution in [1.82, 2.24) is 9.80 Å². The lowest BCUT2D eigenvalue weighted by molar-refractivity contribution is 0.0564. The fourth-order valence-electron chi connectivity index (χ4n) is 3.45. The lowest BCUT2D eigenvalue weighted by Gasteiger charge is -2.16. The van der Waals surface area contributed by atoms with Crippen molar-refractivity contribution in [3.05, 3.63) is 70.8 Å². The molecule has 4 amide bonds. The maximum atomic E-state index is 11.8. The summed E-state index contributed by atoms with van der Waals surface area (Å²) in [6, 6.07) is 13.5. The molecule has 33 heavy (non-hydrogen) atoms. The minimum atomic E-state index is -0.885. The minimum Gasteiger partial charge on any atom is -0.390 e. The Morgan fingerprint density at radius 3 is 1.52 bits per heavy atom. The summed E-state index contributed by atoms with van der Waals surface area (Å²) in [5.74, 6) is -1.15. The number of nitrogens with zero attached hydrogens (tertiary/aromatic N) is 2. The van der Waals surface area contributed by atoms with E-state index in [1.165, 1.54) is 4.90 Å². The molecule has 2 atom stereocenters. The second kappa shape index (κ2) is 10.7. The van der Waals surface area contributed by atoms with E-state index in [9.17, 15) is 24.3 Å². The molecule has 1 N–H and O–H groups in total. The quantitative estimate of drug-likeness (QED) is 0.405. The van der Waals surface area contributed by atoms with E-state index in [4.69, 9.17) is 16.3 Å². The van der Waals surface area contributed by atoms with Crippen molar-refractivity contribution in [2.24, 2.45) is 0 Å². The molecule has 2 aromatic carbocycles. The number of hydrogen-bond donors (Lipinski definition) is 1. The fourth-order valence-corrected chi connectivity index (χ4v) is 3.54. The standard InChI is InChI=1S/C11H10ClNO3.C11H9NO3.2CH4/c12-5-7(14)6-13-10(15)8-3-1-2-4-9(8)11(13)16;13-10-8-3-1-2-4-9(8)11(14)12(10)5-7-6-15-7;;/h1-4,7,14H,5-6H2;1-4,7H,5-6H2;2*1H4/t2*7-;;/m11../s1. The van der Waals surface area contributed by atoms with E-state index in [2.05, 4.69) is 0 Å². The zero-order valence-electron chi connectivity index (χ0n) is 16.4. The van der Waals surface area contributed by atoms with Gasteiger partial charge >= 0.3 is 0 Å². The van der Waals surface area contributed by atoms with Crippen molar-refractivity contribution in [1.29, 1.82) is 0 Å². The summed E-state index contributed by atoms with van der Waals surface area (Å²) in [5.41, 5.74) is 1.77. The predicted octanol–water partition coefficient (Wildman–Crippen LogP) is 2.84. The summed E-state index contributed by atoms with van der Waals surface area (Å²) >= 11 is 5.44. The molecule has 3 aliphatic heterocycles. The number of epoxide rings is 1. The summed E-state index contributed by atoms with van der Waals surface area (Å²) in [4.78, 5) is 49.6. The van der Waals surface area contributed by atoms with Gasteiger partial charge in [0.2, 0.25) is 0 Å². The van der Waals surface area contributed by atoms with E-state index in [1.807, 2.05) is 0 Å². The number of fused-ring (bicyclic) bond motifs is 2. The summed E-state index contributed by atoms with van der Waals surface area (Å²) in [6.45, 7) is 0.968. The van der Waals surface area contributed by atoms with Gasteiger partial charge in [0.25, 0.3) is 23.6 Å². The summed E-state index contributed by atoms with van der Waals surface area (Å²) in [7, 11) is 0. The van der Waals surface area contributed by atoms with Crippen LogP contribution in [-0.4, -0.2) is 76.3 Å². The predicted molar refractivity (Wildman–Crippen MR) is 124 cm³/mol. The van der Waals surface area contributed by atoms with Gasteiger partial charge in [-0.1, -0.05) is 39.1 Å². The average molecular weight is 475 g/mol. The van der Waals surface area contributed by atoms with Crippen LogP contribution in [0.15, 0.2) is 48.5 Å². The van der Waals surface area contributed by atoms with Gasteiger partial charge in [-0.2, -0.15) is 0 Å².